The van der Waals surface area contributed by atoms with Gasteiger partial charge in [-0.05, 0) is 29.8 Å². The van der Waals surface area contributed by atoms with Crippen molar-refractivity contribution in [1.82, 2.24) is 4.98 Å². The van der Waals surface area contributed by atoms with Gasteiger partial charge in [0.15, 0.2) is 0 Å². The van der Waals surface area contributed by atoms with E-state index in [1.54, 1.807) is 13.2 Å². The van der Waals surface area contributed by atoms with Gasteiger partial charge >= 0.3 is 0 Å². The minimum absolute atomic E-state index is 0.427. The number of ether oxygens (including phenoxy) is 2. The Hall–Kier alpha value is -1.95. The highest BCUT2D eigenvalue weighted by Crippen LogP contribution is 2.33. The lowest BCUT2D eigenvalue weighted by Crippen LogP contribution is -2.05. The Kier molecular flexibility index (Phi) is 3.88. The van der Waals surface area contributed by atoms with Crippen LogP contribution in [0.2, 0.25) is 0 Å². The van der Waals surface area contributed by atoms with Crippen molar-refractivity contribution in [2.24, 2.45) is 0 Å². The van der Waals surface area contributed by atoms with Crippen LogP contribution in [-0.2, 0) is 13.0 Å². The first kappa shape index (κ1) is 14.0. The second-order valence-electron chi connectivity index (χ2n) is 4.80. The van der Waals surface area contributed by atoms with Gasteiger partial charge in [-0.2, -0.15) is 4.98 Å². The maximum Gasteiger partial charge on any atom is 0.238 e. The van der Waals surface area contributed by atoms with Crippen LogP contribution in [0.3, 0.4) is 0 Å². The smallest absolute Gasteiger partial charge is 0.238 e. The fourth-order valence-electron chi connectivity index (χ4n) is 2.38. The van der Waals surface area contributed by atoms with Crippen LogP contribution in [0, 0.1) is 0 Å². The molecule has 0 radical (unpaired) electrons. The van der Waals surface area contributed by atoms with Gasteiger partial charge in [0.1, 0.15) is 11.6 Å². The van der Waals surface area contributed by atoms with Crippen LogP contribution in [0.4, 0.5) is 11.5 Å². The number of benzene rings is 1. The summed E-state index contributed by atoms with van der Waals surface area (Å²) in [5, 5.41) is 3.27. The van der Waals surface area contributed by atoms with E-state index in [9.17, 15) is 0 Å². The van der Waals surface area contributed by atoms with E-state index in [4.69, 9.17) is 15.2 Å². The number of pyridine rings is 1. The van der Waals surface area contributed by atoms with Gasteiger partial charge in [0.05, 0.1) is 19.4 Å². The molecule has 0 spiro atoms. The van der Waals surface area contributed by atoms with Gasteiger partial charge in [0.25, 0.3) is 0 Å². The second kappa shape index (κ2) is 5.81. The number of hydrogen-bond acceptors (Lipinski definition) is 5. The molecule has 0 saturated carbocycles. The molecule has 2 heterocycles. The molecule has 0 bridgehead atoms. The average molecular weight is 350 g/mol. The first-order chi connectivity index (χ1) is 10.2. The van der Waals surface area contributed by atoms with Crippen molar-refractivity contribution in [3.8, 4) is 11.6 Å². The highest BCUT2D eigenvalue weighted by atomic mass is 79.9. The summed E-state index contributed by atoms with van der Waals surface area (Å²) < 4.78 is 11.9. The highest BCUT2D eigenvalue weighted by Gasteiger charge is 2.17. The third-order valence-corrected chi connectivity index (χ3v) is 3.83. The van der Waals surface area contributed by atoms with Gasteiger partial charge in [0, 0.05) is 23.0 Å². The maximum atomic E-state index is 5.76. The Balaban J connectivity index is 1.79. The fraction of sp³-hybridized carbons (Fsp3) is 0.267. The maximum absolute atomic E-state index is 5.76. The Morgan fingerprint density at radius 3 is 3.10 bits per heavy atom. The molecule has 0 amide bonds. The summed E-state index contributed by atoms with van der Waals surface area (Å²) >= 11 is 3.54. The molecule has 3 rings (SSSR count). The van der Waals surface area contributed by atoms with Crippen molar-refractivity contribution in [3.63, 3.8) is 0 Å². The monoisotopic (exact) mass is 349 g/mol. The van der Waals surface area contributed by atoms with Crippen molar-refractivity contribution in [2.75, 3.05) is 24.8 Å². The summed E-state index contributed by atoms with van der Waals surface area (Å²) in [5.41, 5.74) is 8.63. The van der Waals surface area contributed by atoms with Crippen molar-refractivity contribution < 1.29 is 9.47 Å². The minimum atomic E-state index is 0.427. The van der Waals surface area contributed by atoms with E-state index in [1.807, 2.05) is 6.07 Å². The highest BCUT2D eigenvalue weighted by molar-refractivity contribution is 9.10. The molecule has 1 aromatic carbocycles. The second-order valence-corrected chi connectivity index (χ2v) is 5.72. The molecule has 0 aliphatic carbocycles. The zero-order valence-electron chi connectivity index (χ0n) is 11.6. The molecule has 21 heavy (non-hydrogen) atoms. The molecule has 1 aliphatic rings. The predicted molar refractivity (Wildman–Crippen MR) is 85.9 cm³/mol. The van der Waals surface area contributed by atoms with Crippen LogP contribution in [-0.4, -0.2) is 18.7 Å². The van der Waals surface area contributed by atoms with Crippen LogP contribution in [0.15, 0.2) is 28.7 Å². The van der Waals surface area contributed by atoms with Crippen LogP contribution in [0.1, 0.15) is 11.1 Å². The molecule has 110 valence electrons. The van der Waals surface area contributed by atoms with Crippen molar-refractivity contribution >= 4 is 27.4 Å². The van der Waals surface area contributed by atoms with E-state index < -0.39 is 0 Å². The number of nitrogen functional groups attached to an aromatic ring is 1. The van der Waals surface area contributed by atoms with Gasteiger partial charge in [-0.15, -0.1) is 0 Å². The lowest BCUT2D eigenvalue weighted by Gasteiger charge is -2.12. The number of rotatable bonds is 4. The van der Waals surface area contributed by atoms with Gasteiger partial charge in [0.2, 0.25) is 5.88 Å². The Bertz CT molecular complexity index is 676. The van der Waals surface area contributed by atoms with E-state index in [-0.39, 0.29) is 0 Å². The SMILES string of the molecule is COc1nc(NCc2cc(Br)cc3c2OCC3)ccc1N. The molecule has 6 heteroatoms. The lowest BCUT2D eigenvalue weighted by molar-refractivity contribution is 0.354. The van der Waals surface area contributed by atoms with E-state index in [2.05, 4.69) is 38.4 Å². The molecule has 0 saturated heterocycles. The van der Waals surface area contributed by atoms with Crippen LogP contribution in [0.25, 0.3) is 0 Å². The summed E-state index contributed by atoms with van der Waals surface area (Å²) in [4.78, 5) is 4.31. The van der Waals surface area contributed by atoms with Crippen LogP contribution < -0.4 is 20.5 Å². The number of methoxy groups -OCH3 is 1. The van der Waals surface area contributed by atoms with Crippen molar-refractivity contribution in [1.29, 1.82) is 0 Å². The number of nitrogens with one attached hydrogen (secondary N) is 1. The van der Waals surface area contributed by atoms with E-state index in [1.165, 1.54) is 5.56 Å². The van der Waals surface area contributed by atoms with Crippen LogP contribution in [0.5, 0.6) is 11.6 Å². The summed E-state index contributed by atoms with van der Waals surface area (Å²) in [6.45, 7) is 1.37. The number of aromatic nitrogens is 1. The number of anilines is 2. The summed E-state index contributed by atoms with van der Waals surface area (Å²) in [5.74, 6) is 2.12. The standard InChI is InChI=1S/C15H16BrN3O2/c1-20-15-12(17)2-3-13(19-15)18-8-10-7-11(16)6-9-4-5-21-14(9)10/h2-3,6-7H,4-5,8,17H2,1H3,(H,18,19). The topological polar surface area (TPSA) is 69.4 Å². The van der Waals surface area contributed by atoms with Gasteiger partial charge < -0.3 is 20.5 Å². The largest absolute Gasteiger partial charge is 0.493 e. The molecule has 0 unspecified atom stereocenters. The third-order valence-electron chi connectivity index (χ3n) is 3.37. The molecular formula is C15H16BrN3O2. The normalized spacial score (nSPS) is 12.7. The predicted octanol–water partition coefficient (Wildman–Crippen LogP) is 2.98. The first-order valence-corrected chi connectivity index (χ1v) is 7.45. The van der Waals surface area contributed by atoms with E-state index in [0.29, 0.717) is 23.9 Å². The molecule has 0 atom stereocenters. The molecule has 1 aromatic heterocycles. The molecule has 5 nitrogen and oxygen atoms in total. The fourth-order valence-corrected chi connectivity index (χ4v) is 2.93. The van der Waals surface area contributed by atoms with Crippen molar-refractivity contribution in [3.05, 3.63) is 39.9 Å². The number of nitrogens with zero attached hydrogens (tertiary/aromatic N) is 1. The summed E-state index contributed by atoms with van der Waals surface area (Å²) in [6, 6.07) is 7.77. The zero-order valence-corrected chi connectivity index (χ0v) is 13.2. The molecule has 0 fully saturated rings. The van der Waals surface area contributed by atoms with Gasteiger partial charge in [-0.25, -0.2) is 0 Å². The first-order valence-electron chi connectivity index (χ1n) is 6.66. The Labute approximate surface area is 131 Å². The quantitative estimate of drug-likeness (QED) is 0.887. The molecular weight excluding hydrogens is 334 g/mol. The number of fused-ring (bicyclic) bond motifs is 1. The Morgan fingerprint density at radius 2 is 2.29 bits per heavy atom. The summed E-state index contributed by atoms with van der Waals surface area (Å²) in [6.07, 6.45) is 0.954. The number of halogens is 1. The van der Waals surface area contributed by atoms with Gasteiger partial charge in [-0.3, -0.25) is 0 Å². The third kappa shape index (κ3) is 2.90. The van der Waals surface area contributed by atoms with Crippen molar-refractivity contribution in [2.45, 2.75) is 13.0 Å². The van der Waals surface area contributed by atoms with E-state index >= 15 is 0 Å². The summed E-state index contributed by atoms with van der Waals surface area (Å²) in [7, 11) is 1.55. The zero-order chi connectivity index (χ0) is 14.8. The lowest BCUT2D eigenvalue weighted by atomic mass is 10.1. The van der Waals surface area contributed by atoms with Crippen LogP contribution >= 0.6 is 15.9 Å². The Morgan fingerprint density at radius 1 is 1.43 bits per heavy atom. The van der Waals surface area contributed by atoms with Gasteiger partial charge in [-0.1, -0.05) is 15.9 Å². The number of hydrogen-bond donors (Lipinski definition) is 2. The molecule has 3 N–H and O–H groups in total. The number of nitrogens with two attached hydrogens (primary N) is 1. The van der Waals surface area contributed by atoms with E-state index in [0.717, 1.165) is 28.8 Å². The minimum Gasteiger partial charge on any atom is -0.493 e. The molecule has 2 aromatic rings. The average Bonchev–Trinajstić information content (AvgIpc) is 2.94. The molecule has 1 aliphatic heterocycles.